The lowest BCUT2D eigenvalue weighted by atomic mass is 10.1. The highest BCUT2D eigenvalue weighted by atomic mass is 16.2. The first kappa shape index (κ1) is 13.2. The van der Waals surface area contributed by atoms with Crippen molar-refractivity contribution in [1.29, 1.82) is 0 Å². The van der Waals surface area contributed by atoms with Crippen LogP contribution in [0.4, 0.5) is 17.1 Å². The number of carbonyl (C=O) groups excluding carboxylic acids is 2. The molecule has 1 aliphatic rings. The molecule has 0 radical (unpaired) electrons. The van der Waals surface area contributed by atoms with Gasteiger partial charge in [-0.25, -0.2) is 0 Å². The maximum Gasteiger partial charge on any atom is 0.260 e. The second kappa shape index (κ2) is 4.94. The minimum Gasteiger partial charge on any atom is -0.398 e. The summed E-state index contributed by atoms with van der Waals surface area (Å²) in [6.45, 7) is 1.89. The maximum atomic E-state index is 12.7. The van der Waals surface area contributed by atoms with E-state index in [1.54, 1.807) is 24.3 Å². The molecule has 1 heterocycles. The van der Waals surface area contributed by atoms with Gasteiger partial charge in [0.15, 0.2) is 0 Å². The lowest BCUT2D eigenvalue weighted by molar-refractivity contribution is -0.115. The van der Waals surface area contributed by atoms with Gasteiger partial charge in [0, 0.05) is 5.69 Å². The average molecular weight is 281 g/mol. The lowest BCUT2D eigenvalue weighted by Crippen LogP contribution is -2.42. The number of amides is 2. The van der Waals surface area contributed by atoms with Crippen LogP contribution >= 0.6 is 0 Å². The molecule has 0 saturated heterocycles. The molecule has 0 saturated carbocycles. The van der Waals surface area contributed by atoms with Gasteiger partial charge in [0.2, 0.25) is 5.91 Å². The summed E-state index contributed by atoms with van der Waals surface area (Å²) in [6, 6.07) is 12.5. The van der Waals surface area contributed by atoms with E-state index in [1.807, 2.05) is 25.1 Å². The molecule has 0 atom stereocenters. The van der Waals surface area contributed by atoms with Crippen LogP contribution in [0, 0.1) is 6.92 Å². The number of para-hydroxylation sites is 2. The fourth-order valence-electron chi connectivity index (χ4n) is 2.42. The zero-order chi connectivity index (χ0) is 15.0. The minimum absolute atomic E-state index is 0.0107. The van der Waals surface area contributed by atoms with Gasteiger partial charge < -0.3 is 11.1 Å². The largest absolute Gasteiger partial charge is 0.398 e. The van der Waals surface area contributed by atoms with Crippen molar-refractivity contribution in [1.82, 2.24) is 0 Å². The number of nitrogens with two attached hydrogens (primary N) is 1. The third-order valence-corrected chi connectivity index (χ3v) is 3.46. The fraction of sp³-hybridized carbons (Fsp3) is 0.125. The highest BCUT2D eigenvalue weighted by Crippen LogP contribution is 2.31. The molecule has 2 aromatic carbocycles. The van der Waals surface area contributed by atoms with Crippen LogP contribution in [0.1, 0.15) is 15.9 Å². The smallest absolute Gasteiger partial charge is 0.260 e. The van der Waals surface area contributed by atoms with Crippen LogP contribution in [0.3, 0.4) is 0 Å². The van der Waals surface area contributed by atoms with Gasteiger partial charge in [-0.05, 0) is 31.2 Å². The van der Waals surface area contributed by atoms with E-state index in [0.717, 1.165) is 5.56 Å². The van der Waals surface area contributed by atoms with Crippen molar-refractivity contribution in [3.8, 4) is 0 Å². The molecule has 0 unspecified atom stereocenters. The van der Waals surface area contributed by atoms with E-state index in [9.17, 15) is 9.59 Å². The van der Waals surface area contributed by atoms with Crippen LogP contribution < -0.4 is 16.0 Å². The first-order valence-electron chi connectivity index (χ1n) is 6.63. The number of aryl methyl sites for hydroxylation is 1. The minimum atomic E-state index is -0.265. The van der Waals surface area contributed by atoms with E-state index in [-0.39, 0.29) is 18.4 Å². The van der Waals surface area contributed by atoms with Crippen LogP contribution in [-0.4, -0.2) is 18.4 Å². The number of benzene rings is 2. The van der Waals surface area contributed by atoms with Gasteiger partial charge in [0.25, 0.3) is 5.91 Å². The third kappa shape index (κ3) is 2.33. The molecular formula is C16H15N3O2. The zero-order valence-electron chi connectivity index (χ0n) is 11.6. The summed E-state index contributed by atoms with van der Waals surface area (Å²) >= 11 is 0. The van der Waals surface area contributed by atoms with E-state index >= 15 is 0 Å². The van der Waals surface area contributed by atoms with E-state index < -0.39 is 0 Å². The van der Waals surface area contributed by atoms with Gasteiger partial charge >= 0.3 is 0 Å². The molecule has 3 N–H and O–H groups in total. The lowest BCUT2D eigenvalue weighted by Gasteiger charge is -2.29. The summed E-state index contributed by atoms with van der Waals surface area (Å²) in [7, 11) is 0. The van der Waals surface area contributed by atoms with Gasteiger partial charge in [-0.3, -0.25) is 14.5 Å². The quantitative estimate of drug-likeness (QED) is 0.787. The van der Waals surface area contributed by atoms with Crippen molar-refractivity contribution in [2.24, 2.45) is 0 Å². The van der Waals surface area contributed by atoms with E-state index in [1.165, 1.54) is 4.90 Å². The number of nitrogens with zero attached hydrogens (tertiary/aromatic N) is 1. The number of rotatable bonds is 1. The molecule has 0 fully saturated rings. The molecule has 0 aromatic heterocycles. The molecule has 5 nitrogen and oxygen atoms in total. The SMILES string of the molecule is Cc1ccc(N)c(C(=O)N2CC(=O)Nc3ccccc32)c1. The maximum absolute atomic E-state index is 12.7. The van der Waals surface area contributed by atoms with E-state index in [2.05, 4.69) is 5.32 Å². The summed E-state index contributed by atoms with van der Waals surface area (Å²) in [5.41, 5.74) is 8.99. The topological polar surface area (TPSA) is 75.4 Å². The molecule has 3 rings (SSSR count). The highest BCUT2D eigenvalue weighted by molar-refractivity contribution is 6.16. The van der Waals surface area contributed by atoms with E-state index in [0.29, 0.717) is 22.6 Å². The molecule has 0 bridgehead atoms. The fourth-order valence-corrected chi connectivity index (χ4v) is 2.42. The molecule has 0 spiro atoms. The van der Waals surface area contributed by atoms with Gasteiger partial charge in [-0.1, -0.05) is 23.8 Å². The highest BCUT2D eigenvalue weighted by Gasteiger charge is 2.28. The normalized spacial score (nSPS) is 13.6. The molecular weight excluding hydrogens is 266 g/mol. The Balaban J connectivity index is 2.06. The summed E-state index contributed by atoms with van der Waals surface area (Å²) in [5, 5.41) is 2.76. The van der Waals surface area contributed by atoms with E-state index in [4.69, 9.17) is 5.73 Å². The van der Waals surface area contributed by atoms with Crippen molar-refractivity contribution in [2.45, 2.75) is 6.92 Å². The zero-order valence-corrected chi connectivity index (χ0v) is 11.6. The van der Waals surface area contributed by atoms with Gasteiger partial charge in [0.1, 0.15) is 6.54 Å². The number of fused-ring (bicyclic) bond motifs is 1. The Hall–Kier alpha value is -2.82. The number of anilines is 3. The van der Waals surface area contributed by atoms with Crippen LogP contribution in [0.2, 0.25) is 0 Å². The number of hydrogen-bond donors (Lipinski definition) is 2. The Morgan fingerprint density at radius 3 is 2.81 bits per heavy atom. The molecule has 1 aliphatic heterocycles. The molecule has 2 amide bonds. The first-order chi connectivity index (χ1) is 10.1. The number of nitrogens with one attached hydrogen (secondary N) is 1. The third-order valence-electron chi connectivity index (χ3n) is 3.46. The Bertz CT molecular complexity index is 740. The first-order valence-corrected chi connectivity index (χ1v) is 6.63. The monoisotopic (exact) mass is 281 g/mol. The van der Waals surface area contributed by atoms with Crippen molar-refractivity contribution in [3.63, 3.8) is 0 Å². The molecule has 5 heteroatoms. The van der Waals surface area contributed by atoms with Crippen molar-refractivity contribution in [2.75, 3.05) is 22.5 Å². The molecule has 2 aromatic rings. The summed E-state index contributed by atoms with van der Waals surface area (Å²) < 4.78 is 0. The Labute approximate surface area is 122 Å². The molecule has 106 valence electrons. The second-order valence-electron chi connectivity index (χ2n) is 5.05. The number of hydrogen-bond acceptors (Lipinski definition) is 3. The Morgan fingerprint density at radius 1 is 1.24 bits per heavy atom. The predicted molar refractivity (Wildman–Crippen MR) is 82.3 cm³/mol. The van der Waals surface area contributed by atoms with Crippen LogP contribution in [-0.2, 0) is 4.79 Å². The summed E-state index contributed by atoms with van der Waals surface area (Å²) in [5.74, 6) is -0.480. The van der Waals surface area contributed by atoms with Crippen LogP contribution in [0.5, 0.6) is 0 Å². The Morgan fingerprint density at radius 2 is 2.00 bits per heavy atom. The standard InChI is InChI=1S/C16H15N3O2/c1-10-6-7-12(17)11(8-10)16(21)19-9-15(20)18-13-4-2-3-5-14(13)19/h2-8H,9,17H2,1H3,(H,18,20). The van der Waals surface area contributed by atoms with Crippen LogP contribution in [0.15, 0.2) is 42.5 Å². The van der Waals surface area contributed by atoms with Gasteiger partial charge in [-0.15, -0.1) is 0 Å². The molecule has 21 heavy (non-hydrogen) atoms. The predicted octanol–water partition coefficient (Wildman–Crippen LogP) is 2.18. The van der Waals surface area contributed by atoms with Crippen molar-refractivity contribution >= 4 is 28.9 Å². The Kier molecular flexibility index (Phi) is 3.10. The molecule has 0 aliphatic carbocycles. The number of nitrogen functional groups attached to an aromatic ring is 1. The van der Waals surface area contributed by atoms with Gasteiger partial charge in [-0.2, -0.15) is 0 Å². The number of carbonyl (C=O) groups is 2. The second-order valence-corrected chi connectivity index (χ2v) is 5.05. The van der Waals surface area contributed by atoms with Crippen molar-refractivity contribution in [3.05, 3.63) is 53.6 Å². The van der Waals surface area contributed by atoms with Crippen molar-refractivity contribution < 1.29 is 9.59 Å². The summed E-state index contributed by atoms with van der Waals surface area (Å²) in [6.07, 6.45) is 0. The summed E-state index contributed by atoms with van der Waals surface area (Å²) in [4.78, 5) is 26.0. The van der Waals surface area contributed by atoms with Gasteiger partial charge in [0.05, 0.1) is 16.9 Å². The average Bonchev–Trinajstić information content (AvgIpc) is 2.48. The van der Waals surface area contributed by atoms with Crippen LogP contribution in [0.25, 0.3) is 0 Å².